The molecule has 2 heterocycles. The van der Waals surface area contributed by atoms with Gasteiger partial charge in [-0.05, 0) is 30.2 Å². The van der Waals surface area contributed by atoms with Gasteiger partial charge in [0, 0.05) is 17.8 Å². The first-order valence-corrected chi connectivity index (χ1v) is 10.2. The molecule has 1 N–H and O–H groups in total. The van der Waals surface area contributed by atoms with Crippen molar-refractivity contribution in [1.82, 2.24) is 14.8 Å². The lowest BCUT2D eigenvalue weighted by Gasteiger charge is -2.10. The minimum absolute atomic E-state index is 0.448. The lowest BCUT2D eigenvalue weighted by atomic mass is 10.1. The van der Waals surface area contributed by atoms with Crippen molar-refractivity contribution in [2.24, 2.45) is 0 Å². The molecule has 0 saturated carbocycles. The molecule has 0 atom stereocenters. The van der Waals surface area contributed by atoms with E-state index >= 15 is 0 Å². The maximum Gasteiger partial charge on any atom is 0.150 e. The molecular weight excluding hydrogens is 403 g/mol. The molecule has 6 heteroatoms. The Morgan fingerprint density at radius 3 is 2.41 bits per heavy atom. The standard InChI is InChI=1S/C23H20Cl2N4/c1-2-6-16-9-11-17(12-10-16)21-14-22(27-23-20(25)13-18(24)15-26-23)29(28-21)19-7-4-3-5-8-19/h3-5,7-15H,2,6H2,1H3,(H,26,27). The van der Waals surface area contributed by atoms with Crippen molar-refractivity contribution in [3.63, 3.8) is 0 Å². The average molecular weight is 423 g/mol. The highest BCUT2D eigenvalue weighted by molar-refractivity contribution is 6.36. The van der Waals surface area contributed by atoms with Crippen LogP contribution in [0.4, 0.5) is 11.6 Å². The molecule has 0 radical (unpaired) electrons. The van der Waals surface area contributed by atoms with E-state index < -0.39 is 0 Å². The summed E-state index contributed by atoms with van der Waals surface area (Å²) in [4.78, 5) is 4.31. The van der Waals surface area contributed by atoms with Crippen LogP contribution in [0.5, 0.6) is 0 Å². The van der Waals surface area contributed by atoms with E-state index in [-0.39, 0.29) is 0 Å². The van der Waals surface area contributed by atoms with Crippen molar-refractivity contribution >= 4 is 34.8 Å². The molecule has 29 heavy (non-hydrogen) atoms. The molecule has 0 unspecified atom stereocenters. The molecule has 0 aliphatic rings. The predicted octanol–water partition coefficient (Wildman–Crippen LogP) is 6.94. The Hall–Kier alpha value is -2.82. The Labute approximate surface area is 180 Å². The van der Waals surface area contributed by atoms with Gasteiger partial charge >= 0.3 is 0 Å². The number of benzene rings is 2. The monoisotopic (exact) mass is 422 g/mol. The number of anilines is 2. The number of rotatable bonds is 6. The summed E-state index contributed by atoms with van der Waals surface area (Å²) in [6.07, 6.45) is 3.77. The fourth-order valence-corrected chi connectivity index (χ4v) is 3.56. The van der Waals surface area contributed by atoms with Gasteiger partial charge in [-0.3, -0.25) is 0 Å². The number of halogens is 2. The smallest absolute Gasteiger partial charge is 0.150 e. The largest absolute Gasteiger partial charge is 0.324 e. The van der Waals surface area contributed by atoms with Gasteiger partial charge in [0.2, 0.25) is 0 Å². The predicted molar refractivity (Wildman–Crippen MR) is 121 cm³/mol. The van der Waals surface area contributed by atoms with Crippen molar-refractivity contribution < 1.29 is 0 Å². The van der Waals surface area contributed by atoms with Gasteiger partial charge in [0.25, 0.3) is 0 Å². The molecule has 0 amide bonds. The minimum atomic E-state index is 0.448. The zero-order chi connectivity index (χ0) is 20.2. The number of hydrogen-bond donors (Lipinski definition) is 1. The van der Waals surface area contributed by atoms with Crippen molar-refractivity contribution in [2.45, 2.75) is 19.8 Å². The first kappa shape index (κ1) is 19.5. The van der Waals surface area contributed by atoms with Crippen LogP contribution in [0, 0.1) is 0 Å². The average Bonchev–Trinajstić information content (AvgIpc) is 3.15. The highest BCUT2D eigenvalue weighted by Crippen LogP contribution is 2.30. The second kappa shape index (κ2) is 8.68. The second-order valence-electron chi connectivity index (χ2n) is 6.72. The summed E-state index contributed by atoms with van der Waals surface area (Å²) in [5, 5.41) is 9.05. The van der Waals surface area contributed by atoms with Gasteiger partial charge in [0.05, 0.1) is 21.4 Å². The summed E-state index contributed by atoms with van der Waals surface area (Å²) in [5.74, 6) is 1.29. The number of nitrogens with one attached hydrogen (secondary N) is 1. The number of hydrogen-bond acceptors (Lipinski definition) is 3. The maximum absolute atomic E-state index is 6.31. The second-order valence-corrected chi connectivity index (χ2v) is 7.56. The minimum Gasteiger partial charge on any atom is -0.324 e. The molecule has 0 saturated heterocycles. The normalized spacial score (nSPS) is 10.9. The molecule has 4 nitrogen and oxygen atoms in total. The van der Waals surface area contributed by atoms with Crippen molar-refractivity contribution in [1.29, 1.82) is 0 Å². The van der Waals surface area contributed by atoms with Crippen molar-refractivity contribution in [2.75, 3.05) is 5.32 Å². The van der Waals surface area contributed by atoms with Crippen LogP contribution in [0.2, 0.25) is 10.0 Å². The third-order valence-electron chi connectivity index (χ3n) is 4.55. The van der Waals surface area contributed by atoms with Crippen molar-refractivity contribution in [3.8, 4) is 16.9 Å². The lowest BCUT2D eigenvalue weighted by molar-refractivity contribution is 0.890. The van der Waals surface area contributed by atoms with Crippen LogP contribution in [-0.4, -0.2) is 14.8 Å². The van der Waals surface area contributed by atoms with Crippen LogP contribution in [0.15, 0.2) is 72.9 Å². The van der Waals surface area contributed by atoms with Crippen LogP contribution >= 0.6 is 23.2 Å². The summed E-state index contributed by atoms with van der Waals surface area (Å²) in [7, 11) is 0. The van der Waals surface area contributed by atoms with Crippen LogP contribution in [0.25, 0.3) is 16.9 Å². The lowest BCUT2D eigenvalue weighted by Crippen LogP contribution is -2.03. The summed E-state index contributed by atoms with van der Waals surface area (Å²) in [5.41, 5.74) is 4.19. The van der Waals surface area contributed by atoms with Crippen LogP contribution in [0.1, 0.15) is 18.9 Å². The van der Waals surface area contributed by atoms with E-state index in [9.17, 15) is 0 Å². The maximum atomic E-state index is 6.31. The Bertz CT molecular complexity index is 1110. The van der Waals surface area contributed by atoms with E-state index in [0.29, 0.717) is 15.9 Å². The molecule has 146 valence electrons. The Kier molecular flexibility index (Phi) is 5.84. The highest BCUT2D eigenvalue weighted by Gasteiger charge is 2.13. The molecule has 0 fully saturated rings. The molecule has 2 aromatic heterocycles. The van der Waals surface area contributed by atoms with Gasteiger partial charge in [0.15, 0.2) is 0 Å². The number of pyridine rings is 1. The molecule has 4 aromatic rings. The molecule has 0 bridgehead atoms. The Morgan fingerprint density at radius 2 is 1.72 bits per heavy atom. The van der Waals surface area contributed by atoms with E-state index in [1.807, 2.05) is 41.1 Å². The molecule has 0 aliphatic heterocycles. The summed E-state index contributed by atoms with van der Waals surface area (Å²) in [6.45, 7) is 2.18. The van der Waals surface area contributed by atoms with E-state index in [1.165, 1.54) is 5.56 Å². The zero-order valence-corrected chi connectivity index (χ0v) is 17.5. The summed E-state index contributed by atoms with van der Waals surface area (Å²) in [6, 6.07) is 22.1. The third kappa shape index (κ3) is 4.44. The molecule has 0 spiro atoms. The SMILES string of the molecule is CCCc1ccc(-c2cc(Nc3ncc(Cl)cc3Cl)n(-c3ccccc3)n2)cc1. The Morgan fingerprint density at radius 1 is 0.966 bits per heavy atom. The van der Waals surface area contributed by atoms with E-state index in [4.69, 9.17) is 28.3 Å². The van der Waals surface area contributed by atoms with Crippen LogP contribution < -0.4 is 5.32 Å². The molecular formula is C23H20Cl2N4. The van der Waals surface area contributed by atoms with Crippen LogP contribution in [0.3, 0.4) is 0 Å². The number of nitrogens with zero attached hydrogens (tertiary/aromatic N) is 3. The van der Waals surface area contributed by atoms with Gasteiger partial charge in [-0.2, -0.15) is 5.10 Å². The summed E-state index contributed by atoms with van der Waals surface area (Å²) < 4.78 is 1.85. The number of aromatic nitrogens is 3. The topological polar surface area (TPSA) is 42.7 Å². The highest BCUT2D eigenvalue weighted by atomic mass is 35.5. The fourth-order valence-electron chi connectivity index (χ4n) is 3.14. The van der Waals surface area contributed by atoms with E-state index in [0.717, 1.165) is 35.6 Å². The quantitative estimate of drug-likeness (QED) is 0.365. The molecule has 2 aromatic carbocycles. The fraction of sp³-hybridized carbons (Fsp3) is 0.130. The van der Waals surface area contributed by atoms with Gasteiger partial charge in [-0.15, -0.1) is 0 Å². The van der Waals surface area contributed by atoms with E-state index in [1.54, 1.807) is 12.3 Å². The molecule has 0 aliphatic carbocycles. The number of para-hydroxylation sites is 1. The third-order valence-corrected chi connectivity index (χ3v) is 5.05. The first-order chi connectivity index (χ1) is 14.1. The van der Waals surface area contributed by atoms with E-state index in [2.05, 4.69) is 41.5 Å². The zero-order valence-electron chi connectivity index (χ0n) is 15.9. The van der Waals surface area contributed by atoms with Gasteiger partial charge < -0.3 is 5.32 Å². The van der Waals surface area contributed by atoms with Gasteiger partial charge in [-0.25, -0.2) is 9.67 Å². The molecule has 4 rings (SSSR count). The Balaban J connectivity index is 1.74. The summed E-state index contributed by atoms with van der Waals surface area (Å²) >= 11 is 12.3. The van der Waals surface area contributed by atoms with Gasteiger partial charge in [0.1, 0.15) is 11.6 Å². The van der Waals surface area contributed by atoms with Gasteiger partial charge in [-0.1, -0.05) is 79.0 Å². The van der Waals surface area contributed by atoms with Crippen molar-refractivity contribution in [3.05, 3.63) is 88.5 Å². The first-order valence-electron chi connectivity index (χ1n) is 9.47. The van der Waals surface area contributed by atoms with Crippen LogP contribution in [-0.2, 0) is 6.42 Å². The number of aryl methyl sites for hydroxylation is 1.